The molecule has 0 amide bonds. The minimum atomic E-state index is -0.483. The molecule has 114 valence electrons. The lowest BCUT2D eigenvalue weighted by Crippen LogP contribution is -2.29. The van der Waals surface area contributed by atoms with Gasteiger partial charge in [-0.05, 0) is 36.1 Å². The first-order valence-electron chi connectivity index (χ1n) is 7.74. The van der Waals surface area contributed by atoms with E-state index in [0.29, 0.717) is 0 Å². The summed E-state index contributed by atoms with van der Waals surface area (Å²) in [7, 11) is 1.68. The second kappa shape index (κ2) is 5.17. The number of ether oxygens (including phenoxy) is 2. The highest BCUT2D eigenvalue weighted by molar-refractivity contribution is 5.92. The van der Waals surface area contributed by atoms with Crippen molar-refractivity contribution in [3.8, 4) is 11.5 Å². The zero-order chi connectivity index (χ0) is 15.9. The van der Waals surface area contributed by atoms with Crippen LogP contribution in [0.3, 0.4) is 0 Å². The van der Waals surface area contributed by atoms with E-state index >= 15 is 0 Å². The summed E-state index contributed by atoms with van der Waals surface area (Å²) in [5.41, 5.74) is 1.74. The van der Waals surface area contributed by atoms with Crippen molar-refractivity contribution in [1.29, 1.82) is 0 Å². The van der Waals surface area contributed by atoms with Gasteiger partial charge in [-0.3, -0.25) is 0 Å². The van der Waals surface area contributed by atoms with Crippen molar-refractivity contribution in [3.63, 3.8) is 0 Å². The molecule has 0 saturated carbocycles. The molecule has 23 heavy (non-hydrogen) atoms. The van der Waals surface area contributed by atoms with Gasteiger partial charge >= 0.3 is 0 Å². The molecule has 1 aliphatic rings. The Labute approximate surface area is 136 Å². The van der Waals surface area contributed by atoms with Gasteiger partial charge in [0.1, 0.15) is 17.1 Å². The van der Waals surface area contributed by atoms with Gasteiger partial charge in [-0.15, -0.1) is 0 Å². The molecule has 2 heteroatoms. The highest BCUT2D eigenvalue weighted by atomic mass is 16.5. The Balaban J connectivity index is 1.81. The summed E-state index contributed by atoms with van der Waals surface area (Å²) in [6, 6.07) is 20.6. The summed E-state index contributed by atoms with van der Waals surface area (Å²) in [5, 5.41) is 2.34. The van der Waals surface area contributed by atoms with Crippen LogP contribution in [0.25, 0.3) is 16.8 Å². The number of fused-ring (bicyclic) bond motifs is 3. The van der Waals surface area contributed by atoms with Crippen molar-refractivity contribution in [1.82, 2.24) is 0 Å². The first kappa shape index (κ1) is 13.9. The highest BCUT2D eigenvalue weighted by Crippen LogP contribution is 2.41. The molecule has 3 aromatic carbocycles. The lowest BCUT2D eigenvalue weighted by atomic mass is 9.91. The van der Waals surface area contributed by atoms with Crippen LogP contribution in [-0.2, 0) is 5.60 Å². The SMILES string of the molecule is COc1ccc([C@]2(C)C=Cc3ccc4ccccc4c3O2)cc1. The number of methoxy groups -OCH3 is 1. The van der Waals surface area contributed by atoms with Crippen molar-refractivity contribution < 1.29 is 9.47 Å². The highest BCUT2D eigenvalue weighted by Gasteiger charge is 2.30. The van der Waals surface area contributed by atoms with E-state index in [1.165, 1.54) is 5.39 Å². The quantitative estimate of drug-likeness (QED) is 0.650. The summed E-state index contributed by atoms with van der Waals surface area (Å²) in [6.45, 7) is 2.09. The summed E-state index contributed by atoms with van der Waals surface area (Å²) in [4.78, 5) is 0. The molecule has 0 aliphatic carbocycles. The van der Waals surface area contributed by atoms with Gasteiger partial charge in [0.05, 0.1) is 7.11 Å². The molecule has 0 radical (unpaired) electrons. The molecular weight excluding hydrogens is 284 g/mol. The van der Waals surface area contributed by atoms with Crippen LogP contribution in [0.5, 0.6) is 11.5 Å². The summed E-state index contributed by atoms with van der Waals surface area (Å²) >= 11 is 0. The van der Waals surface area contributed by atoms with E-state index in [-0.39, 0.29) is 0 Å². The number of hydrogen-bond acceptors (Lipinski definition) is 2. The minimum absolute atomic E-state index is 0.483. The summed E-state index contributed by atoms with van der Waals surface area (Å²) in [6.07, 6.45) is 4.27. The van der Waals surface area contributed by atoms with Gasteiger partial charge in [0, 0.05) is 10.9 Å². The lowest BCUT2D eigenvalue weighted by Gasteiger charge is -2.33. The van der Waals surface area contributed by atoms with E-state index in [0.717, 1.165) is 28.0 Å². The molecule has 2 nitrogen and oxygen atoms in total. The fraction of sp³-hybridized carbons (Fsp3) is 0.143. The first-order valence-corrected chi connectivity index (χ1v) is 7.74. The molecular formula is C21H18O2. The maximum Gasteiger partial charge on any atom is 0.150 e. The fourth-order valence-electron chi connectivity index (χ4n) is 3.08. The van der Waals surface area contributed by atoms with Crippen LogP contribution in [0, 0.1) is 0 Å². The average molecular weight is 302 g/mol. The summed E-state index contributed by atoms with van der Waals surface area (Å²) < 4.78 is 11.7. The summed E-state index contributed by atoms with van der Waals surface area (Å²) in [5.74, 6) is 1.80. The maximum absolute atomic E-state index is 6.46. The van der Waals surface area contributed by atoms with Crippen LogP contribution in [0.4, 0.5) is 0 Å². The molecule has 0 aromatic heterocycles. The standard InChI is InChI=1S/C21H18O2/c1-21(17-9-11-18(22-2)12-10-17)14-13-16-8-7-15-5-3-4-6-19(15)20(16)23-21/h3-14H,1-2H3/t21-/m0/s1. The van der Waals surface area contributed by atoms with E-state index in [2.05, 4.69) is 67.6 Å². The van der Waals surface area contributed by atoms with Gasteiger partial charge < -0.3 is 9.47 Å². The second-order valence-electron chi connectivity index (χ2n) is 5.98. The molecule has 0 bridgehead atoms. The molecule has 0 unspecified atom stereocenters. The van der Waals surface area contributed by atoms with E-state index in [4.69, 9.17) is 9.47 Å². The van der Waals surface area contributed by atoms with E-state index in [1.54, 1.807) is 7.11 Å². The van der Waals surface area contributed by atoms with Crippen LogP contribution >= 0.6 is 0 Å². The van der Waals surface area contributed by atoms with E-state index < -0.39 is 5.60 Å². The Bertz CT molecular complexity index is 893. The molecule has 0 saturated heterocycles. The number of hydrogen-bond donors (Lipinski definition) is 0. The minimum Gasteiger partial charge on any atom is -0.497 e. The monoisotopic (exact) mass is 302 g/mol. The van der Waals surface area contributed by atoms with Gasteiger partial charge in [-0.2, -0.15) is 0 Å². The smallest absolute Gasteiger partial charge is 0.150 e. The van der Waals surface area contributed by atoms with Crippen molar-refractivity contribution >= 4 is 16.8 Å². The molecule has 1 aliphatic heterocycles. The molecule has 0 spiro atoms. The van der Waals surface area contributed by atoms with Gasteiger partial charge in [-0.1, -0.05) is 54.6 Å². The first-order chi connectivity index (χ1) is 11.2. The Morgan fingerprint density at radius 1 is 0.913 bits per heavy atom. The molecule has 0 N–H and O–H groups in total. The number of rotatable bonds is 2. The fourth-order valence-corrected chi connectivity index (χ4v) is 3.08. The van der Waals surface area contributed by atoms with Crippen molar-refractivity contribution in [2.75, 3.05) is 7.11 Å². The van der Waals surface area contributed by atoms with Crippen molar-refractivity contribution in [3.05, 3.63) is 77.9 Å². The van der Waals surface area contributed by atoms with Gasteiger partial charge in [-0.25, -0.2) is 0 Å². The third-order valence-electron chi connectivity index (χ3n) is 4.47. The lowest BCUT2D eigenvalue weighted by molar-refractivity contribution is 0.140. The number of benzene rings is 3. The topological polar surface area (TPSA) is 18.5 Å². The Morgan fingerprint density at radius 2 is 1.70 bits per heavy atom. The largest absolute Gasteiger partial charge is 0.497 e. The van der Waals surface area contributed by atoms with Crippen LogP contribution in [0.2, 0.25) is 0 Å². The van der Waals surface area contributed by atoms with Gasteiger partial charge in [0.15, 0.2) is 0 Å². The van der Waals surface area contributed by atoms with Crippen LogP contribution in [0.1, 0.15) is 18.1 Å². The molecule has 4 rings (SSSR count). The van der Waals surface area contributed by atoms with Crippen LogP contribution in [-0.4, -0.2) is 7.11 Å². The Kier molecular flexibility index (Phi) is 3.12. The van der Waals surface area contributed by atoms with Crippen LogP contribution in [0.15, 0.2) is 66.7 Å². The molecule has 3 aromatic rings. The third kappa shape index (κ3) is 2.27. The van der Waals surface area contributed by atoms with E-state index in [1.807, 2.05) is 12.1 Å². The van der Waals surface area contributed by atoms with E-state index in [9.17, 15) is 0 Å². The zero-order valence-electron chi connectivity index (χ0n) is 13.2. The van der Waals surface area contributed by atoms with Crippen molar-refractivity contribution in [2.45, 2.75) is 12.5 Å². The predicted molar refractivity (Wildman–Crippen MR) is 94.0 cm³/mol. The Morgan fingerprint density at radius 3 is 2.48 bits per heavy atom. The van der Waals surface area contributed by atoms with Gasteiger partial charge in [0.2, 0.25) is 0 Å². The Hall–Kier alpha value is -2.74. The molecule has 1 heterocycles. The normalized spacial score (nSPS) is 19.2. The molecule has 1 atom stereocenters. The average Bonchev–Trinajstić information content (AvgIpc) is 2.61. The zero-order valence-corrected chi connectivity index (χ0v) is 13.2. The van der Waals surface area contributed by atoms with Crippen molar-refractivity contribution in [2.24, 2.45) is 0 Å². The maximum atomic E-state index is 6.46. The predicted octanol–water partition coefficient (Wildman–Crippen LogP) is 5.17. The van der Waals surface area contributed by atoms with Gasteiger partial charge in [0.25, 0.3) is 0 Å². The second-order valence-corrected chi connectivity index (χ2v) is 5.98. The third-order valence-corrected chi connectivity index (χ3v) is 4.47. The molecule has 0 fully saturated rings. The van der Waals surface area contributed by atoms with Crippen LogP contribution < -0.4 is 9.47 Å².